The molecular formula is C18H25N5O2. The molecule has 1 fully saturated rings. The van der Waals surface area contributed by atoms with Crippen LogP contribution in [0.25, 0.3) is 0 Å². The van der Waals surface area contributed by atoms with Gasteiger partial charge in [0.1, 0.15) is 11.4 Å². The van der Waals surface area contributed by atoms with Crippen LogP contribution in [-0.2, 0) is 11.3 Å². The Hall–Kier alpha value is -2.41. The highest BCUT2D eigenvalue weighted by Crippen LogP contribution is 2.26. The molecule has 1 N–H and O–H groups in total. The number of rotatable bonds is 7. The van der Waals surface area contributed by atoms with Crippen molar-refractivity contribution in [2.45, 2.75) is 31.4 Å². The van der Waals surface area contributed by atoms with Crippen LogP contribution in [0.15, 0.2) is 42.9 Å². The van der Waals surface area contributed by atoms with E-state index >= 15 is 0 Å². The molecule has 0 unspecified atom stereocenters. The lowest BCUT2D eigenvalue weighted by molar-refractivity contribution is -0.133. The first-order valence-corrected chi connectivity index (χ1v) is 8.65. The van der Waals surface area contributed by atoms with Gasteiger partial charge in [0, 0.05) is 51.7 Å². The van der Waals surface area contributed by atoms with Crippen molar-refractivity contribution in [2.75, 3.05) is 31.6 Å². The Labute approximate surface area is 147 Å². The van der Waals surface area contributed by atoms with Crippen molar-refractivity contribution in [1.29, 1.82) is 0 Å². The number of hydrogen-bond acceptors (Lipinski definition) is 5. The number of β-amino-alcohol motifs (C(OH)–C–C–N with tert-alkyl or cyclic N) is 1. The summed E-state index contributed by atoms with van der Waals surface area (Å²) in [5.74, 6) is 0.920. The Bertz CT molecular complexity index is 676. The van der Waals surface area contributed by atoms with Gasteiger partial charge in [-0.1, -0.05) is 6.07 Å². The van der Waals surface area contributed by atoms with E-state index in [1.54, 1.807) is 24.3 Å². The maximum absolute atomic E-state index is 12.3. The fourth-order valence-electron chi connectivity index (χ4n) is 3.27. The summed E-state index contributed by atoms with van der Waals surface area (Å²) in [6.45, 7) is 2.31. The number of aromatic nitrogens is 3. The molecular weight excluding hydrogens is 318 g/mol. The number of anilines is 1. The van der Waals surface area contributed by atoms with Crippen LogP contribution in [-0.4, -0.2) is 63.0 Å². The van der Waals surface area contributed by atoms with Crippen LogP contribution < -0.4 is 4.90 Å². The van der Waals surface area contributed by atoms with Crippen LogP contribution >= 0.6 is 0 Å². The number of hydrogen-bond donors (Lipinski definition) is 1. The van der Waals surface area contributed by atoms with Crippen molar-refractivity contribution in [3.05, 3.63) is 42.9 Å². The number of carbonyl (C=O) groups excluding carboxylic acids is 1. The van der Waals surface area contributed by atoms with Crippen LogP contribution in [0.2, 0.25) is 0 Å². The molecule has 1 aliphatic rings. The van der Waals surface area contributed by atoms with Gasteiger partial charge in [-0.3, -0.25) is 9.48 Å². The molecule has 0 spiro atoms. The van der Waals surface area contributed by atoms with Crippen LogP contribution in [0.5, 0.6) is 0 Å². The van der Waals surface area contributed by atoms with Crippen LogP contribution in [0.4, 0.5) is 5.82 Å². The fraction of sp³-hybridized carbons (Fsp3) is 0.500. The topological polar surface area (TPSA) is 74.5 Å². The smallest absolute Gasteiger partial charge is 0.222 e. The SMILES string of the molecule is CN(C[C@@]1(O)CCN(c2ccccn2)C1)C(=O)CCCn1cccn1. The molecule has 0 aromatic carbocycles. The number of aryl methyl sites for hydroxylation is 1. The van der Waals surface area contributed by atoms with Gasteiger partial charge in [-0.05, 0) is 31.0 Å². The fourth-order valence-corrected chi connectivity index (χ4v) is 3.27. The van der Waals surface area contributed by atoms with Gasteiger partial charge in [0.15, 0.2) is 0 Å². The molecule has 1 atom stereocenters. The summed E-state index contributed by atoms with van der Waals surface area (Å²) >= 11 is 0. The first kappa shape index (κ1) is 17.4. The van der Waals surface area contributed by atoms with Crippen molar-refractivity contribution < 1.29 is 9.90 Å². The molecule has 1 aliphatic heterocycles. The first-order chi connectivity index (χ1) is 12.1. The lowest BCUT2D eigenvalue weighted by Crippen LogP contribution is -2.45. The van der Waals surface area contributed by atoms with Crippen molar-refractivity contribution >= 4 is 11.7 Å². The summed E-state index contributed by atoms with van der Waals surface area (Å²) in [6.07, 6.45) is 7.20. The van der Waals surface area contributed by atoms with Gasteiger partial charge >= 0.3 is 0 Å². The highest BCUT2D eigenvalue weighted by atomic mass is 16.3. The molecule has 1 saturated heterocycles. The lowest BCUT2D eigenvalue weighted by Gasteiger charge is -2.29. The minimum atomic E-state index is -0.885. The predicted octanol–water partition coefficient (Wildman–Crippen LogP) is 1.16. The van der Waals surface area contributed by atoms with E-state index in [0.717, 1.165) is 25.3 Å². The van der Waals surface area contributed by atoms with E-state index in [2.05, 4.69) is 15.0 Å². The summed E-state index contributed by atoms with van der Waals surface area (Å²) in [5, 5.41) is 15.0. The van der Waals surface area contributed by atoms with Crippen LogP contribution in [0.1, 0.15) is 19.3 Å². The minimum absolute atomic E-state index is 0.0527. The number of amides is 1. The highest BCUT2D eigenvalue weighted by molar-refractivity contribution is 5.75. The third kappa shape index (κ3) is 4.57. The largest absolute Gasteiger partial charge is 0.386 e. The third-order valence-corrected chi connectivity index (χ3v) is 4.60. The zero-order chi connectivity index (χ0) is 17.7. The van der Waals surface area contributed by atoms with E-state index in [1.165, 1.54) is 0 Å². The molecule has 3 heterocycles. The molecule has 1 amide bonds. The number of aliphatic hydroxyl groups is 1. The second-order valence-electron chi connectivity index (χ2n) is 6.71. The molecule has 134 valence electrons. The molecule has 3 rings (SSSR count). The van der Waals surface area contributed by atoms with E-state index in [4.69, 9.17) is 0 Å². The summed E-state index contributed by atoms with van der Waals surface area (Å²) < 4.78 is 1.82. The number of nitrogens with zero attached hydrogens (tertiary/aromatic N) is 5. The molecule has 0 aliphatic carbocycles. The maximum Gasteiger partial charge on any atom is 0.222 e. The van der Waals surface area contributed by atoms with E-state index < -0.39 is 5.60 Å². The predicted molar refractivity (Wildman–Crippen MR) is 95.1 cm³/mol. The van der Waals surface area contributed by atoms with Gasteiger partial charge in [0.05, 0.1) is 6.54 Å². The van der Waals surface area contributed by atoms with Gasteiger partial charge in [0.25, 0.3) is 0 Å². The van der Waals surface area contributed by atoms with Crippen molar-refractivity contribution in [3.63, 3.8) is 0 Å². The molecule has 0 saturated carbocycles. The van der Waals surface area contributed by atoms with Gasteiger partial charge in [0.2, 0.25) is 5.91 Å². The normalized spacial score (nSPS) is 20.0. The average Bonchev–Trinajstić information content (AvgIpc) is 3.25. The third-order valence-electron chi connectivity index (χ3n) is 4.60. The highest BCUT2D eigenvalue weighted by Gasteiger charge is 2.38. The Balaban J connectivity index is 1.46. The second-order valence-corrected chi connectivity index (χ2v) is 6.71. The Morgan fingerprint density at radius 2 is 2.24 bits per heavy atom. The summed E-state index contributed by atoms with van der Waals surface area (Å²) in [6, 6.07) is 7.63. The number of pyridine rings is 1. The van der Waals surface area contributed by atoms with Crippen LogP contribution in [0, 0.1) is 0 Å². The zero-order valence-electron chi connectivity index (χ0n) is 14.6. The standard InChI is InChI=1S/C18H25N5O2/c1-21(17(24)7-4-11-23-12-5-10-20-23)14-18(25)8-13-22(15-18)16-6-2-3-9-19-16/h2-3,5-6,9-10,12,25H,4,7-8,11,13-15H2,1H3/t18-/m0/s1. The minimum Gasteiger partial charge on any atom is -0.386 e. The molecule has 25 heavy (non-hydrogen) atoms. The van der Waals surface area contributed by atoms with E-state index in [1.807, 2.05) is 35.1 Å². The first-order valence-electron chi connectivity index (χ1n) is 8.65. The van der Waals surface area contributed by atoms with Gasteiger partial charge < -0.3 is 14.9 Å². The monoisotopic (exact) mass is 343 g/mol. The van der Waals surface area contributed by atoms with Crippen molar-refractivity contribution in [3.8, 4) is 0 Å². The molecule has 0 bridgehead atoms. The summed E-state index contributed by atoms with van der Waals surface area (Å²) in [5.41, 5.74) is -0.885. The Morgan fingerprint density at radius 1 is 1.36 bits per heavy atom. The number of likely N-dealkylation sites (N-methyl/N-ethyl adjacent to an activating group) is 1. The molecule has 2 aromatic heterocycles. The van der Waals surface area contributed by atoms with E-state index in [0.29, 0.717) is 25.9 Å². The van der Waals surface area contributed by atoms with E-state index in [-0.39, 0.29) is 5.91 Å². The van der Waals surface area contributed by atoms with Gasteiger partial charge in [-0.25, -0.2) is 4.98 Å². The zero-order valence-corrected chi connectivity index (χ0v) is 14.6. The lowest BCUT2D eigenvalue weighted by atomic mass is 10.0. The quantitative estimate of drug-likeness (QED) is 0.816. The number of carbonyl (C=O) groups is 1. The van der Waals surface area contributed by atoms with Gasteiger partial charge in [-0.2, -0.15) is 5.10 Å². The maximum atomic E-state index is 12.3. The van der Waals surface area contributed by atoms with Gasteiger partial charge in [-0.15, -0.1) is 0 Å². The Morgan fingerprint density at radius 3 is 2.96 bits per heavy atom. The second kappa shape index (κ2) is 7.65. The summed E-state index contributed by atoms with van der Waals surface area (Å²) in [4.78, 5) is 20.4. The molecule has 7 heteroatoms. The summed E-state index contributed by atoms with van der Waals surface area (Å²) in [7, 11) is 1.76. The van der Waals surface area contributed by atoms with Crippen molar-refractivity contribution in [2.24, 2.45) is 0 Å². The Kier molecular flexibility index (Phi) is 5.33. The molecule has 0 radical (unpaired) electrons. The molecule has 2 aromatic rings. The van der Waals surface area contributed by atoms with Crippen LogP contribution in [0.3, 0.4) is 0 Å². The molecule has 7 nitrogen and oxygen atoms in total. The van der Waals surface area contributed by atoms with Crippen molar-refractivity contribution in [1.82, 2.24) is 19.7 Å². The van der Waals surface area contributed by atoms with E-state index in [9.17, 15) is 9.90 Å². The average molecular weight is 343 g/mol.